The van der Waals surface area contributed by atoms with E-state index in [9.17, 15) is 8.42 Å². The number of anilines is 1. The summed E-state index contributed by atoms with van der Waals surface area (Å²) >= 11 is 5.98. The van der Waals surface area contributed by atoms with E-state index in [1.807, 2.05) is 6.92 Å². The molecule has 28 heavy (non-hydrogen) atoms. The smallest absolute Gasteiger partial charge is 0.232 e. The van der Waals surface area contributed by atoms with Gasteiger partial charge in [-0.2, -0.15) is 0 Å². The van der Waals surface area contributed by atoms with Crippen LogP contribution in [-0.2, 0) is 10.0 Å². The fraction of sp³-hybridized carbons (Fsp3) is 0.739. The van der Waals surface area contributed by atoms with Crippen molar-refractivity contribution >= 4 is 27.3 Å². The van der Waals surface area contributed by atoms with Crippen LogP contribution in [0.3, 0.4) is 0 Å². The Hall–Kier alpha value is -0.740. The minimum absolute atomic E-state index is 0.187. The number of unbranched alkanes of at least 4 members (excludes halogenated alkanes) is 13. The lowest BCUT2D eigenvalue weighted by molar-refractivity contribution is 0.537. The Bertz CT molecular complexity index is 631. The molecule has 162 valence electrons. The van der Waals surface area contributed by atoms with Crippen molar-refractivity contribution in [2.45, 2.75) is 104 Å². The van der Waals surface area contributed by atoms with Crippen LogP contribution in [-0.4, -0.2) is 14.2 Å². The summed E-state index contributed by atoms with van der Waals surface area (Å²) in [6, 6.07) is 5.20. The number of aryl methyl sites for hydroxylation is 1. The lowest BCUT2D eigenvalue weighted by Crippen LogP contribution is -2.16. The molecule has 5 heteroatoms. The van der Waals surface area contributed by atoms with Crippen LogP contribution in [0.25, 0.3) is 0 Å². The van der Waals surface area contributed by atoms with Gasteiger partial charge in [-0.3, -0.25) is 4.72 Å². The molecule has 0 aromatic heterocycles. The first-order chi connectivity index (χ1) is 13.4. The third-order valence-electron chi connectivity index (χ3n) is 5.20. The zero-order valence-corrected chi connectivity index (χ0v) is 19.5. The number of hydrogen-bond donors (Lipinski definition) is 1. The van der Waals surface area contributed by atoms with Gasteiger partial charge >= 0.3 is 0 Å². The molecule has 0 saturated heterocycles. The van der Waals surface area contributed by atoms with Crippen molar-refractivity contribution < 1.29 is 8.42 Å². The van der Waals surface area contributed by atoms with E-state index in [1.165, 1.54) is 70.6 Å². The van der Waals surface area contributed by atoms with Gasteiger partial charge in [-0.1, -0.05) is 102 Å². The fourth-order valence-corrected chi connectivity index (χ4v) is 4.72. The molecule has 1 aromatic rings. The van der Waals surface area contributed by atoms with Crippen LogP contribution >= 0.6 is 11.6 Å². The van der Waals surface area contributed by atoms with Crippen molar-refractivity contribution in [2.24, 2.45) is 0 Å². The van der Waals surface area contributed by atoms with Crippen molar-refractivity contribution in [3.63, 3.8) is 0 Å². The van der Waals surface area contributed by atoms with Gasteiger partial charge in [0.1, 0.15) is 0 Å². The van der Waals surface area contributed by atoms with Gasteiger partial charge in [-0.05, 0) is 37.1 Å². The number of rotatable bonds is 17. The van der Waals surface area contributed by atoms with Gasteiger partial charge in [-0.25, -0.2) is 8.42 Å². The van der Waals surface area contributed by atoms with Crippen molar-refractivity contribution in [1.29, 1.82) is 0 Å². The quantitative estimate of drug-likeness (QED) is 0.256. The van der Waals surface area contributed by atoms with E-state index in [4.69, 9.17) is 11.6 Å². The SMILES string of the molecule is CCCCCCCCCCCCCCCCS(=O)(=O)Nc1ccc(Cl)c(C)c1. The Morgan fingerprint density at radius 2 is 1.25 bits per heavy atom. The first kappa shape index (κ1) is 25.3. The molecule has 0 bridgehead atoms. The number of benzene rings is 1. The summed E-state index contributed by atoms with van der Waals surface area (Å²) in [6.45, 7) is 4.13. The van der Waals surface area contributed by atoms with Gasteiger partial charge in [0, 0.05) is 10.7 Å². The predicted octanol–water partition coefficient (Wildman–Crippen LogP) is 7.87. The second-order valence-electron chi connectivity index (χ2n) is 7.98. The molecule has 0 aliphatic heterocycles. The molecule has 0 spiro atoms. The molecule has 0 atom stereocenters. The highest BCUT2D eigenvalue weighted by atomic mass is 35.5. The van der Waals surface area contributed by atoms with Crippen molar-refractivity contribution in [2.75, 3.05) is 10.5 Å². The van der Waals surface area contributed by atoms with Crippen molar-refractivity contribution in [1.82, 2.24) is 0 Å². The Labute approximate surface area is 178 Å². The van der Waals surface area contributed by atoms with Crippen LogP contribution in [0.15, 0.2) is 18.2 Å². The van der Waals surface area contributed by atoms with Gasteiger partial charge in [0.05, 0.1) is 5.75 Å². The van der Waals surface area contributed by atoms with Crippen LogP contribution in [0.1, 0.15) is 102 Å². The molecular formula is C23H40ClNO2S. The number of halogens is 1. The zero-order chi connectivity index (χ0) is 20.7. The molecule has 0 heterocycles. The molecule has 0 aliphatic carbocycles. The molecule has 0 saturated carbocycles. The van der Waals surface area contributed by atoms with Crippen molar-refractivity contribution in [3.8, 4) is 0 Å². The second-order valence-corrected chi connectivity index (χ2v) is 10.2. The van der Waals surface area contributed by atoms with E-state index in [2.05, 4.69) is 11.6 Å². The summed E-state index contributed by atoms with van der Waals surface area (Å²) in [5.41, 5.74) is 1.46. The van der Waals surface area contributed by atoms with Gasteiger partial charge in [0.15, 0.2) is 0 Å². The van der Waals surface area contributed by atoms with Crippen LogP contribution in [0.2, 0.25) is 5.02 Å². The Balaban J connectivity index is 1.98. The highest BCUT2D eigenvalue weighted by Crippen LogP contribution is 2.20. The van der Waals surface area contributed by atoms with E-state index in [0.717, 1.165) is 24.8 Å². The van der Waals surface area contributed by atoms with Crippen LogP contribution in [0.4, 0.5) is 5.69 Å². The largest absolute Gasteiger partial charge is 0.284 e. The van der Waals surface area contributed by atoms with Crippen LogP contribution in [0.5, 0.6) is 0 Å². The third kappa shape index (κ3) is 12.7. The average Bonchev–Trinajstić information content (AvgIpc) is 2.65. The Morgan fingerprint density at radius 3 is 1.71 bits per heavy atom. The maximum absolute atomic E-state index is 12.2. The summed E-state index contributed by atoms with van der Waals surface area (Å²) in [5.74, 6) is 0.187. The van der Waals surface area contributed by atoms with Crippen molar-refractivity contribution in [3.05, 3.63) is 28.8 Å². The molecule has 1 N–H and O–H groups in total. The maximum Gasteiger partial charge on any atom is 0.232 e. The molecular weight excluding hydrogens is 390 g/mol. The second kappa shape index (κ2) is 15.1. The van der Waals surface area contributed by atoms with Gasteiger partial charge in [0.25, 0.3) is 0 Å². The summed E-state index contributed by atoms with van der Waals surface area (Å²) in [6.07, 6.45) is 17.7. The zero-order valence-electron chi connectivity index (χ0n) is 17.9. The van der Waals surface area contributed by atoms with Crippen LogP contribution < -0.4 is 4.72 Å². The van der Waals surface area contributed by atoms with E-state index in [1.54, 1.807) is 18.2 Å². The summed E-state index contributed by atoms with van der Waals surface area (Å²) in [4.78, 5) is 0. The molecule has 3 nitrogen and oxygen atoms in total. The van der Waals surface area contributed by atoms with Gasteiger partial charge in [-0.15, -0.1) is 0 Å². The van der Waals surface area contributed by atoms with E-state index < -0.39 is 10.0 Å². The molecule has 0 unspecified atom stereocenters. The van der Waals surface area contributed by atoms with E-state index >= 15 is 0 Å². The fourth-order valence-electron chi connectivity index (χ4n) is 3.43. The number of hydrogen-bond acceptors (Lipinski definition) is 2. The van der Waals surface area contributed by atoms with E-state index in [-0.39, 0.29) is 5.75 Å². The number of sulfonamides is 1. The van der Waals surface area contributed by atoms with Gasteiger partial charge in [0.2, 0.25) is 10.0 Å². The van der Waals surface area contributed by atoms with E-state index in [0.29, 0.717) is 10.7 Å². The Morgan fingerprint density at radius 1 is 0.786 bits per heavy atom. The molecule has 0 radical (unpaired) electrons. The Kier molecular flexibility index (Phi) is 13.7. The lowest BCUT2D eigenvalue weighted by atomic mass is 10.0. The normalized spacial score (nSPS) is 11.7. The summed E-state index contributed by atoms with van der Waals surface area (Å²) in [5, 5.41) is 0.648. The minimum Gasteiger partial charge on any atom is -0.284 e. The highest BCUT2D eigenvalue weighted by molar-refractivity contribution is 7.92. The predicted molar refractivity (Wildman–Crippen MR) is 124 cm³/mol. The highest BCUT2D eigenvalue weighted by Gasteiger charge is 2.10. The standard InChI is InChI=1S/C23H40ClNO2S/c1-3-4-5-6-7-8-9-10-11-12-13-14-15-16-19-28(26,27)25-22-17-18-23(24)21(2)20-22/h17-18,20,25H,3-16,19H2,1-2H3. The molecule has 0 aliphatic rings. The minimum atomic E-state index is -3.27. The molecule has 0 amide bonds. The number of nitrogens with one attached hydrogen (secondary N) is 1. The van der Waals surface area contributed by atoms with Gasteiger partial charge < -0.3 is 0 Å². The maximum atomic E-state index is 12.2. The first-order valence-electron chi connectivity index (χ1n) is 11.2. The third-order valence-corrected chi connectivity index (χ3v) is 6.99. The lowest BCUT2D eigenvalue weighted by Gasteiger charge is -2.09. The summed E-state index contributed by atoms with van der Waals surface area (Å²) < 4.78 is 27.0. The average molecular weight is 430 g/mol. The van der Waals surface area contributed by atoms with Crippen LogP contribution in [0, 0.1) is 6.92 Å². The molecule has 1 rings (SSSR count). The molecule has 0 fully saturated rings. The summed E-state index contributed by atoms with van der Waals surface area (Å²) in [7, 11) is -3.27. The first-order valence-corrected chi connectivity index (χ1v) is 13.2. The monoisotopic (exact) mass is 429 g/mol. The molecule has 1 aromatic carbocycles. The topological polar surface area (TPSA) is 46.2 Å².